The lowest BCUT2D eigenvalue weighted by molar-refractivity contribution is -0.123. The fraction of sp³-hybridized carbons (Fsp3) is 0.600. The highest BCUT2D eigenvalue weighted by Gasteiger charge is 2.43. The van der Waals surface area contributed by atoms with Crippen molar-refractivity contribution in [1.82, 2.24) is 4.90 Å². The zero-order valence-electron chi connectivity index (χ0n) is 15.4. The number of rotatable bonds is 7. The monoisotopic (exact) mass is 360 g/mol. The summed E-state index contributed by atoms with van der Waals surface area (Å²) in [6.45, 7) is 4.14. The Morgan fingerprint density at radius 2 is 1.81 bits per heavy atom. The average Bonchev–Trinajstić information content (AvgIpc) is 2.94. The number of benzene rings is 1. The Bertz CT molecular complexity index is 623. The number of nitrogens with zero attached hydrogens (tertiary/aromatic N) is 2. The van der Waals surface area contributed by atoms with Crippen molar-refractivity contribution < 1.29 is 19.4 Å². The summed E-state index contributed by atoms with van der Waals surface area (Å²) in [6, 6.07) is 6.76. The molecule has 2 aliphatic rings. The zero-order valence-corrected chi connectivity index (χ0v) is 15.4. The Hall–Kier alpha value is -1.92. The van der Waals surface area contributed by atoms with E-state index in [9.17, 15) is 14.7 Å². The minimum Gasteiger partial charge on any atom is -0.494 e. The Labute approximate surface area is 154 Å². The van der Waals surface area contributed by atoms with E-state index in [-0.39, 0.29) is 24.3 Å². The molecule has 0 radical (unpaired) electrons. The molecule has 26 heavy (non-hydrogen) atoms. The lowest BCUT2D eigenvalue weighted by atomic mass is 10.1. The maximum Gasteiger partial charge on any atom is 0.251 e. The van der Waals surface area contributed by atoms with Gasteiger partial charge in [0, 0.05) is 13.1 Å². The molecule has 1 unspecified atom stereocenters. The normalized spacial score (nSPS) is 22.2. The second-order valence-corrected chi connectivity index (χ2v) is 7.10. The van der Waals surface area contributed by atoms with Gasteiger partial charge in [0.25, 0.3) is 5.91 Å². The number of hydrogen-bond donors (Lipinski definition) is 1. The van der Waals surface area contributed by atoms with E-state index in [1.165, 1.54) is 4.90 Å². The fourth-order valence-corrected chi connectivity index (χ4v) is 3.60. The summed E-state index contributed by atoms with van der Waals surface area (Å²) >= 11 is 0. The van der Waals surface area contributed by atoms with Crippen LogP contribution in [-0.2, 0) is 9.59 Å². The van der Waals surface area contributed by atoms with Gasteiger partial charge in [0.05, 0.1) is 30.9 Å². The predicted molar refractivity (Wildman–Crippen MR) is 99.2 cm³/mol. The van der Waals surface area contributed by atoms with Crippen LogP contribution in [0.4, 0.5) is 5.69 Å². The minimum absolute atomic E-state index is 0.164. The largest absolute Gasteiger partial charge is 0.494 e. The van der Waals surface area contributed by atoms with Gasteiger partial charge in [-0.1, -0.05) is 19.8 Å². The number of aliphatic hydroxyl groups is 1. The summed E-state index contributed by atoms with van der Waals surface area (Å²) in [5.74, 6) is 0.427. The van der Waals surface area contributed by atoms with Crippen molar-refractivity contribution in [3.8, 4) is 5.75 Å². The van der Waals surface area contributed by atoms with Crippen molar-refractivity contribution in [2.45, 2.75) is 57.6 Å². The van der Waals surface area contributed by atoms with E-state index in [0.717, 1.165) is 25.0 Å². The quantitative estimate of drug-likeness (QED) is 0.597. The van der Waals surface area contributed by atoms with Crippen LogP contribution in [0.5, 0.6) is 5.75 Å². The molecule has 2 heterocycles. The first kappa shape index (κ1) is 18.9. The molecule has 2 saturated heterocycles. The van der Waals surface area contributed by atoms with Gasteiger partial charge >= 0.3 is 0 Å². The third kappa shape index (κ3) is 4.24. The van der Waals surface area contributed by atoms with E-state index < -0.39 is 6.04 Å². The number of aliphatic hydroxyl groups excluding tert-OH is 1. The lowest BCUT2D eigenvalue weighted by Crippen LogP contribution is -2.46. The SMILES string of the molecule is CCCCCOc1ccc(N2C(=O)CC(N3CCC(O)CC3)C2=O)cc1. The van der Waals surface area contributed by atoms with Gasteiger partial charge in [0.1, 0.15) is 5.75 Å². The summed E-state index contributed by atoms with van der Waals surface area (Å²) < 4.78 is 5.69. The Morgan fingerprint density at radius 1 is 1.12 bits per heavy atom. The highest BCUT2D eigenvalue weighted by Crippen LogP contribution is 2.28. The van der Waals surface area contributed by atoms with Gasteiger partial charge in [-0.2, -0.15) is 0 Å². The van der Waals surface area contributed by atoms with Crippen molar-refractivity contribution in [3.05, 3.63) is 24.3 Å². The number of piperidine rings is 1. The standard InChI is InChI=1S/C20H28N2O4/c1-2-3-4-13-26-17-7-5-15(6-8-17)22-19(24)14-18(20(22)25)21-11-9-16(23)10-12-21/h5-8,16,18,23H,2-4,9-14H2,1H3. The van der Waals surface area contributed by atoms with Gasteiger partial charge in [-0.05, 0) is 43.5 Å². The average molecular weight is 360 g/mol. The molecule has 0 aliphatic carbocycles. The van der Waals surface area contributed by atoms with Crippen molar-refractivity contribution in [3.63, 3.8) is 0 Å². The minimum atomic E-state index is -0.403. The highest BCUT2D eigenvalue weighted by atomic mass is 16.5. The lowest BCUT2D eigenvalue weighted by Gasteiger charge is -2.32. The molecule has 1 aromatic carbocycles. The molecule has 2 aliphatic heterocycles. The van der Waals surface area contributed by atoms with Crippen LogP contribution in [0, 0.1) is 0 Å². The summed E-state index contributed by atoms with van der Waals surface area (Å²) in [5.41, 5.74) is 0.598. The third-order valence-electron chi connectivity index (χ3n) is 5.17. The van der Waals surface area contributed by atoms with Gasteiger partial charge in [-0.15, -0.1) is 0 Å². The number of carbonyl (C=O) groups is 2. The van der Waals surface area contributed by atoms with Crippen LogP contribution < -0.4 is 9.64 Å². The fourth-order valence-electron chi connectivity index (χ4n) is 3.60. The molecule has 0 spiro atoms. The van der Waals surface area contributed by atoms with Gasteiger partial charge in [-0.3, -0.25) is 14.5 Å². The predicted octanol–water partition coefficient (Wildman–Crippen LogP) is 2.34. The van der Waals surface area contributed by atoms with E-state index in [1.807, 2.05) is 17.0 Å². The van der Waals surface area contributed by atoms with Crippen LogP contribution in [0.15, 0.2) is 24.3 Å². The molecule has 3 rings (SSSR count). The van der Waals surface area contributed by atoms with Crippen LogP contribution in [-0.4, -0.2) is 53.7 Å². The smallest absolute Gasteiger partial charge is 0.251 e. The number of hydrogen-bond acceptors (Lipinski definition) is 5. The molecule has 2 fully saturated rings. The molecule has 2 amide bonds. The number of ether oxygens (including phenoxy) is 1. The number of unbranched alkanes of at least 4 members (excludes halogenated alkanes) is 2. The summed E-state index contributed by atoms with van der Waals surface area (Å²) in [6.07, 6.45) is 4.55. The topological polar surface area (TPSA) is 70.1 Å². The second-order valence-electron chi connectivity index (χ2n) is 7.10. The molecule has 1 N–H and O–H groups in total. The summed E-state index contributed by atoms with van der Waals surface area (Å²) in [5, 5.41) is 9.63. The Morgan fingerprint density at radius 3 is 2.46 bits per heavy atom. The molecular weight excluding hydrogens is 332 g/mol. The first-order chi connectivity index (χ1) is 12.6. The van der Waals surface area contributed by atoms with Crippen LogP contribution >= 0.6 is 0 Å². The van der Waals surface area contributed by atoms with Crippen molar-refractivity contribution >= 4 is 17.5 Å². The van der Waals surface area contributed by atoms with Crippen molar-refractivity contribution in [2.75, 3.05) is 24.6 Å². The molecule has 0 saturated carbocycles. The van der Waals surface area contributed by atoms with E-state index in [2.05, 4.69) is 6.92 Å². The van der Waals surface area contributed by atoms with E-state index in [0.29, 0.717) is 38.2 Å². The highest BCUT2D eigenvalue weighted by molar-refractivity contribution is 6.22. The van der Waals surface area contributed by atoms with Gasteiger partial charge in [0.15, 0.2) is 0 Å². The van der Waals surface area contributed by atoms with Crippen LogP contribution in [0.25, 0.3) is 0 Å². The molecular formula is C20H28N2O4. The summed E-state index contributed by atoms with van der Waals surface area (Å²) in [7, 11) is 0. The second kappa shape index (κ2) is 8.64. The molecule has 1 atom stereocenters. The van der Waals surface area contributed by atoms with Gasteiger partial charge in [0.2, 0.25) is 5.91 Å². The molecule has 0 bridgehead atoms. The van der Waals surface area contributed by atoms with Crippen LogP contribution in [0.2, 0.25) is 0 Å². The maximum absolute atomic E-state index is 12.8. The first-order valence-electron chi connectivity index (χ1n) is 9.62. The molecule has 142 valence electrons. The number of anilines is 1. The van der Waals surface area contributed by atoms with Crippen molar-refractivity contribution in [1.29, 1.82) is 0 Å². The number of carbonyl (C=O) groups excluding carboxylic acids is 2. The van der Waals surface area contributed by atoms with Crippen LogP contribution in [0.3, 0.4) is 0 Å². The van der Waals surface area contributed by atoms with Crippen molar-refractivity contribution in [2.24, 2.45) is 0 Å². The van der Waals surface area contributed by atoms with Crippen LogP contribution in [0.1, 0.15) is 45.4 Å². The number of likely N-dealkylation sites (tertiary alicyclic amines) is 1. The molecule has 0 aromatic heterocycles. The molecule has 6 nitrogen and oxygen atoms in total. The number of amides is 2. The zero-order chi connectivity index (χ0) is 18.5. The van der Waals surface area contributed by atoms with Gasteiger partial charge < -0.3 is 9.84 Å². The van der Waals surface area contributed by atoms with E-state index in [1.54, 1.807) is 12.1 Å². The third-order valence-corrected chi connectivity index (χ3v) is 5.17. The Balaban J connectivity index is 1.61. The number of imide groups is 1. The van der Waals surface area contributed by atoms with Gasteiger partial charge in [-0.25, -0.2) is 4.90 Å². The molecule has 6 heteroatoms. The maximum atomic E-state index is 12.8. The summed E-state index contributed by atoms with van der Waals surface area (Å²) in [4.78, 5) is 28.5. The van der Waals surface area contributed by atoms with E-state index >= 15 is 0 Å². The Kier molecular flexibility index (Phi) is 6.27. The van der Waals surface area contributed by atoms with E-state index in [4.69, 9.17) is 4.74 Å². The first-order valence-corrected chi connectivity index (χ1v) is 9.62. The molecule has 1 aromatic rings.